The fraction of sp³-hybridized carbons (Fsp3) is 0.360. The van der Waals surface area contributed by atoms with Crippen molar-refractivity contribution in [1.82, 2.24) is 20.1 Å². The van der Waals surface area contributed by atoms with E-state index in [0.29, 0.717) is 39.4 Å². The Bertz CT molecular complexity index is 1250. The fourth-order valence-corrected chi connectivity index (χ4v) is 4.81. The predicted octanol–water partition coefficient (Wildman–Crippen LogP) is 5.69. The Balaban J connectivity index is 1.71. The molecule has 2 N–H and O–H groups in total. The number of carbonyl (C=O) groups excluding carboxylic acids is 2. The van der Waals surface area contributed by atoms with Gasteiger partial charge in [0.2, 0.25) is 5.91 Å². The van der Waals surface area contributed by atoms with Crippen molar-refractivity contribution in [3.05, 3.63) is 63.4 Å². The van der Waals surface area contributed by atoms with Crippen LogP contribution in [-0.2, 0) is 11.8 Å². The van der Waals surface area contributed by atoms with E-state index >= 15 is 0 Å². The summed E-state index contributed by atoms with van der Waals surface area (Å²) < 4.78 is 7.12. The van der Waals surface area contributed by atoms with E-state index in [0.717, 1.165) is 5.56 Å². The van der Waals surface area contributed by atoms with Gasteiger partial charge in [0.1, 0.15) is 5.75 Å². The first-order valence-corrected chi connectivity index (χ1v) is 13.1. The predicted molar refractivity (Wildman–Crippen MR) is 144 cm³/mol. The highest BCUT2D eigenvalue weighted by molar-refractivity contribution is 7.99. The molecule has 0 bridgehead atoms. The van der Waals surface area contributed by atoms with Gasteiger partial charge in [-0.2, -0.15) is 0 Å². The monoisotopic (exact) mass is 549 g/mol. The van der Waals surface area contributed by atoms with E-state index in [1.165, 1.54) is 17.8 Å². The second-order valence-corrected chi connectivity index (χ2v) is 10.5. The Morgan fingerprint density at radius 3 is 2.56 bits per heavy atom. The highest BCUT2D eigenvalue weighted by Gasteiger charge is 2.24. The van der Waals surface area contributed by atoms with Crippen LogP contribution in [0.3, 0.4) is 0 Å². The maximum Gasteiger partial charge on any atom is 0.253 e. The molecule has 0 radical (unpaired) electrons. The van der Waals surface area contributed by atoms with Gasteiger partial charge in [-0.3, -0.25) is 9.59 Å². The van der Waals surface area contributed by atoms with Crippen molar-refractivity contribution < 1.29 is 14.3 Å². The zero-order chi connectivity index (χ0) is 26.4. The van der Waals surface area contributed by atoms with E-state index in [9.17, 15) is 9.59 Å². The molecule has 36 heavy (non-hydrogen) atoms. The number of benzene rings is 2. The number of hydrogen-bond acceptors (Lipinski definition) is 6. The third-order valence-electron chi connectivity index (χ3n) is 5.33. The summed E-state index contributed by atoms with van der Waals surface area (Å²) in [6, 6.07) is 9.92. The summed E-state index contributed by atoms with van der Waals surface area (Å²) in [5, 5.41) is 15.8. The van der Waals surface area contributed by atoms with Crippen molar-refractivity contribution in [2.45, 2.75) is 38.4 Å². The van der Waals surface area contributed by atoms with Gasteiger partial charge in [-0.1, -0.05) is 54.9 Å². The topological polar surface area (TPSA) is 98.1 Å². The largest absolute Gasteiger partial charge is 0.495 e. The lowest BCUT2D eigenvalue weighted by atomic mass is 10.0. The highest BCUT2D eigenvalue weighted by atomic mass is 35.5. The molecule has 0 aliphatic rings. The molecule has 1 aromatic heterocycles. The van der Waals surface area contributed by atoms with Crippen molar-refractivity contribution in [1.29, 1.82) is 0 Å². The van der Waals surface area contributed by atoms with Crippen LogP contribution >= 0.6 is 35.0 Å². The molecular formula is C25H29Cl2N5O3S. The van der Waals surface area contributed by atoms with Gasteiger partial charge in [0.05, 0.1) is 35.2 Å². The van der Waals surface area contributed by atoms with E-state index in [1.807, 2.05) is 32.2 Å². The van der Waals surface area contributed by atoms with Crippen LogP contribution in [0.4, 0.5) is 5.69 Å². The number of methoxy groups -OCH3 is 1. The van der Waals surface area contributed by atoms with Crippen molar-refractivity contribution in [3.8, 4) is 5.75 Å². The Hall–Kier alpha value is -2.75. The Morgan fingerprint density at radius 2 is 1.89 bits per heavy atom. The molecule has 2 aromatic carbocycles. The molecule has 192 valence electrons. The second-order valence-electron chi connectivity index (χ2n) is 8.72. The summed E-state index contributed by atoms with van der Waals surface area (Å²) in [6.45, 7) is 6.06. The van der Waals surface area contributed by atoms with Crippen LogP contribution in [0.2, 0.25) is 10.0 Å². The van der Waals surface area contributed by atoms with Crippen molar-refractivity contribution in [2.75, 3.05) is 18.2 Å². The average molecular weight is 551 g/mol. The summed E-state index contributed by atoms with van der Waals surface area (Å²) in [6.07, 6.45) is 0.640. The van der Waals surface area contributed by atoms with Crippen LogP contribution < -0.4 is 15.4 Å². The molecule has 0 aliphatic carbocycles. The number of aryl methyl sites for hydroxylation is 1. The fourth-order valence-electron chi connectivity index (χ4n) is 3.60. The lowest BCUT2D eigenvalue weighted by molar-refractivity contribution is -0.113. The number of anilines is 1. The summed E-state index contributed by atoms with van der Waals surface area (Å²) in [5.41, 5.74) is 1.95. The van der Waals surface area contributed by atoms with E-state index in [-0.39, 0.29) is 28.5 Å². The number of nitrogens with zero attached hydrogens (tertiary/aromatic N) is 3. The van der Waals surface area contributed by atoms with Crippen LogP contribution in [0.1, 0.15) is 48.1 Å². The molecule has 1 atom stereocenters. The molecule has 11 heteroatoms. The number of thioether (sulfide) groups is 1. The Labute approximate surface area is 225 Å². The van der Waals surface area contributed by atoms with Crippen LogP contribution in [0.25, 0.3) is 0 Å². The minimum absolute atomic E-state index is 0.130. The van der Waals surface area contributed by atoms with Gasteiger partial charge in [-0.05, 0) is 55.2 Å². The highest BCUT2D eigenvalue weighted by Crippen LogP contribution is 2.28. The van der Waals surface area contributed by atoms with Gasteiger partial charge >= 0.3 is 0 Å². The minimum Gasteiger partial charge on any atom is -0.495 e. The zero-order valence-corrected chi connectivity index (χ0v) is 23.1. The first kappa shape index (κ1) is 27.8. The third-order valence-corrected chi connectivity index (χ3v) is 6.90. The van der Waals surface area contributed by atoms with E-state index in [2.05, 4.69) is 34.7 Å². The van der Waals surface area contributed by atoms with E-state index in [4.69, 9.17) is 27.9 Å². The average Bonchev–Trinajstić information content (AvgIpc) is 3.17. The van der Waals surface area contributed by atoms with Gasteiger partial charge in [0.25, 0.3) is 5.91 Å². The maximum atomic E-state index is 13.0. The summed E-state index contributed by atoms with van der Waals surface area (Å²) in [7, 11) is 3.37. The molecule has 0 fully saturated rings. The Morgan fingerprint density at radius 1 is 1.14 bits per heavy atom. The van der Waals surface area contributed by atoms with Gasteiger partial charge in [-0.15, -0.1) is 10.2 Å². The number of carbonyl (C=O) groups is 2. The van der Waals surface area contributed by atoms with Gasteiger partial charge in [0, 0.05) is 12.1 Å². The molecule has 0 spiro atoms. The molecule has 3 rings (SSSR count). The molecular weight excluding hydrogens is 521 g/mol. The molecule has 0 unspecified atom stereocenters. The van der Waals surface area contributed by atoms with Crippen molar-refractivity contribution in [2.24, 2.45) is 13.0 Å². The lowest BCUT2D eigenvalue weighted by Crippen LogP contribution is -2.31. The molecule has 1 heterocycles. The SMILES string of the molecule is COc1ccc(C)cc1NC(=O)CSc1nnc([C@H](CC(C)C)NC(=O)c2ccc(Cl)cc2Cl)n1C. The maximum absolute atomic E-state index is 13.0. The Kier molecular flexibility index (Phi) is 9.64. The lowest BCUT2D eigenvalue weighted by Gasteiger charge is -2.20. The normalized spacial score (nSPS) is 11.9. The number of rotatable bonds is 10. The minimum atomic E-state index is -0.401. The molecule has 2 amide bonds. The first-order valence-electron chi connectivity index (χ1n) is 11.3. The van der Waals surface area contributed by atoms with Crippen molar-refractivity contribution >= 4 is 52.5 Å². The third kappa shape index (κ3) is 7.15. The van der Waals surface area contributed by atoms with Crippen LogP contribution in [0.5, 0.6) is 5.75 Å². The molecule has 0 saturated heterocycles. The zero-order valence-electron chi connectivity index (χ0n) is 20.8. The number of aromatic nitrogens is 3. The molecule has 3 aromatic rings. The first-order chi connectivity index (χ1) is 17.1. The number of hydrogen-bond donors (Lipinski definition) is 2. The summed E-state index contributed by atoms with van der Waals surface area (Å²) in [4.78, 5) is 25.6. The van der Waals surface area contributed by atoms with Gasteiger partial charge in [0.15, 0.2) is 11.0 Å². The smallest absolute Gasteiger partial charge is 0.253 e. The molecule has 0 aliphatic heterocycles. The van der Waals surface area contributed by atoms with Crippen LogP contribution in [-0.4, -0.2) is 39.4 Å². The van der Waals surface area contributed by atoms with Crippen LogP contribution in [0.15, 0.2) is 41.6 Å². The van der Waals surface area contributed by atoms with Gasteiger partial charge in [-0.25, -0.2) is 0 Å². The number of amides is 2. The summed E-state index contributed by atoms with van der Waals surface area (Å²) >= 11 is 13.4. The number of halogens is 2. The van der Waals surface area contributed by atoms with Crippen LogP contribution in [0, 0.1) is 12.8 Å². The quantitative estimate of drug-likeness (QED) is 0.315. The second kappa shape index (κ2) is 12.5. The summed E-state index contributed by atoms with van der Waals surface area (Å²) in [5.74, 6) is 1.06. The van der Waals surface area contributed by atoms with E-state index < -0.39 is 6.04 Å². The standard InChI is InChI=1S/C25H29Cl2N5O3S/c1-14(2)10-20(29-24(34)17-8-7-16(26)12-18(17)27)23-30-31-25(32(23)4)36-13-22(33)28-19-11-15(3)6-9-21(19)35-5/h6-9,11-12,14,20H,10,13H2,1-5H3,(H,28,33)(H,29,34)/t20-/m0/s1. The van der Waals surface area contributed by atoms with Gasteiger partial charge < -0.3 is 19.9 Å². The molecule has 0 saturated carbocycles. The van der Waals surface area contributed by atoms with Crippen molar-refractivity contribution in [3.63, 3.8) is 0 Å². The molecule has 8 nitrogen and oxygen atoms in total. The number of ether oxygens (including phenoxy) is 1. The number of nitrogens with one attached hydrogen (secondary N) is 2. The van der Waals surface area contributed by atoms with E-state index in [1.54, 1.807) is 23.8 Å².